The fraction of sp³-hybridized carbons (Fsp3) is 0.400. The number of nitrogens with one attached hydrogen (secondary N) is 2. The number of hydrogen-bond donors (Lipinski definition) is 2. The second-order valence-corrected chi connectivity index (χ2v) is 6.18. The maximum Gasteiger partial charge on any atom is 0.319 e. The number of urea groups is 1. The number of halogens is 1. The zero-order valence-electron chi connectivity index (χ0n) is 13.1. The predicted molar refractivity (Wildman–Crippen MR) is 90.1 cm³/mol. The molecule has 1 aliphatic rings. The molecule has 2 heterocycles. The number of aryl methyl sites for hydroxylation is 1. The predicted octanol–water partition coefficient (Wildman–Crippen LogP) is 2.13. The Morgan fingerprint density at radius 2 is 2.26 bits per heavy atom. The summed E-state index contributed by atoms with van der Waals surface area (Å²) in [6.07, 6.45) is 3.21. The van der Waals surface area contributed by atoms with Gasteiger partial charge in [0.1, 0.15) is 12.2 Å². The monoisotopic (exact) mass is 334 g/mol. The van der Waals surface area contributed by atoms with E-state index in [1.165, 1.54) is 0 Å². The van der Waals surface area contributed by atoms with Crippen LogP contribution in [0.4, 0.5) is 16.2 Å². The minimum atomic E-state index is -0.246. The van der Waals surface area contributed by atoms with Crippen LogP contribution in [0.5, 0.6) is 0 Å². The normalized spacial score (nSPS) is 16.6. The van der Waals surface area contributed by atoms with E-state index in [1.807, 2.05) is 29.7 Å². The highest BCUT2D eigenvalue weighted by Gasteiger charge is 2.21. The van der Waals surface area contributed by atoms with Crippen molar-refractivity contribution in [2.45, 2.75) is 25.4 Å². The van der Waals surface area contributed by atoms with E-state index < -0.39 is 0 Å². The summed E-state index contributed by atoms with van der Waals surface area (Å²) in [7, 11) is 3.83. The molecule has 0 saturated heterocycles. The van der Waals surface area contributed by atoms with Crippen LogP contribution in [0.25, 0.3) is 0 Å². The summed E-state index contributed by atoms with van der Waals surface area (Å²) in [6, 6.07) is 5.20. The zero-order chi connectivity index (χ0) is 16.4. The van der Waals surface area contributed by atoms with Gasteiger partial charge in [0.2, 0.25) is 0 Å². The molecule has 0 aliphatic carbocycles. The van der Waals surface area contributed by atoms with Gasteiger partial charge < -0.3 is 15.5 Å². The van der Waals surface area contributed by atoms with Gasteiger partial charge in [-0.05, 0) is 24.6 Å². The number of carbonyl (C=O) groups is 1. The highest BCUT2D eigenvalue weighted by Crippen LogP contribution is 2.27. The molecule has 3 rings (SSSR count). The Morgan fingerprint density at radius 1 is 1.43 bits per heavy atom. The van der Waals surface area contributed by atoms with Gasteiger partial charge >= 0.3 is 6.03 Å². The highest BCUT2D eigenvalue weighted by atomic mass is 35.5. The number of anilines is 2. The summed E-state index contributed by atoms with van der Waals surface area (Å²) in [5.74, 6) is 0.966. The molecule has 23 heavy (non-hydrogen) atoms. The summed E-state index contributed by atoms with van der Waals surface area (Å²) < 4.78 is 1.83. The number of rotatable bonds is 3. The Balaban J connectivity index is 1.65. The van der Waals surface area contributed by atoms with Crippen LogP contribution in [0.15, 0.2) is 24.5 Å². The Morgan fingerprint density at radius 3 is 3.04 bits per heavy atom. The summed E-state index contributed by atoms with van der Waals surface area (Å²) in [6.45, 7) is 0.638. The fourth-order valence-corrected chi connectivity index (χ4v) is 2.87. The molecule has 1 aromatic carbocycles. The van der Waals surface area contributed by atoms with Crippen LogP contribution in [-0.4, -0.2) is 40.9 Å². The first-order valence-electron chi connectivity index (χ1n) is 7.44. The Kier molecular flexibility index (Phi) is 4.38. The number of carbonyl (C=O) groups excluding carboxylic acids is 1. The van der Waals surface area contributed by atoms with Gasteiger partial charge in [-0.25, -0.2) is 14.5 Å². The van der Waals surface area contributed by atoms with Crippen LogP contribution < -0.4 is 15.5 Å². The van der Waals surface area contributed by atoms with E-state index in [0.29, 0.717) is 17.3 Å². The smallest absolute Gasteiger partial charge is 0.319 e. The van der Waals surface area contributed by atoms with Gasteiger partial charge in [-0.15, -0.1) is 0 Å². The zero-order valence-corrected chi connectivity index (χ0v) is 13.8. The summed E-state index contributed by atoms with van der Waals surface area (Å²) >= 11 is 6.03. The van der Waals surface area contributed by atoms with Crippen LogP contribution in [0.3, 0.4) is 0 Å². The van der Waals surface area contributed by atoms with Crippen molar-refractivity contribution >= 4 is 29.0 Å². The number of benzene rings is 1. The fourth-order valence-electron chi connectivity index (χ4n) is 2.70. The topological polar surface area (TPSA) is 75.1 Å². The van der Waals surface area contributed by atoms with Gasteiger partial charge in [0, 0.05) is 25.5 Å². The molecule has 8 heteroatoms. The highest BCUT2D eigenvalue weighted by molar-refractivity contribution is 6.31. The van der Waals surface area contributed by atoms with Crippen molar-refractivity contribution in [2.24, 2.45) is 0 Å². The van der Waals surface area contributed by atoms with Crippen LogP contribution in [0.1, 0.15) is 12.2 Å². The van der Waals surface area contributed by atoms with E-state index in [2.05, 4.69) is 20.7 Å². The third-order valence-electron chi connectivity index (χ3n) is 3.83. The first-order chi connectivity index (χ1) is 11.0. The van der Waals surface area contributed by atoms with Gasteiger partial charge in [-0.2, -0.15) is 5.10 Å². The molecule has 0 bridgehead atoms. The molecule has 1 atom stereocenters. The Hall–Kier alpha value is -2.28. The maximum absolute atomic E-state index is 12.3. The third kappa shape index (κ3) is 3.56. The van der Waals surface area contributed by atoms with Crippen molar-refractivity contribution in [3.05, 3.63) is 35.4 Å². The summed E-state index contributed by atoms with van der Waals surface area (Å²) in [4.78, 5) is 18.4. The SMILES string of the molecule is CN(C)c1ccc(Cl)cc1NC(=O)NC1CCc2ncnn2C1. The van der Waals surface area contributed by atoms with Crippen molar-refractivity contribution in [1.29, 1.82) is 0 Å². The van der Waals surface area contributed by atoms with E-state index in [-0.39, 0.29) is 12.1 Å². The standard InChI is InChI=1S/C15H19ClN6O/c1-21(2)13-5-3-10(16)7-12(13)20-15(23)19-11-4-6-14-17-9-18-22(14)8-11/h3,5,7,9,11H,4,6,8H2,1-2H3,(H2,19,20,23). The van der Waals surface area contributed by atoms with Gasteiger partial charge in [-0.1, -0.05) is 11.6 Å². The molecule has 7 nitrogen and oxygen atoms in total. The molecular weight excluding hydrogens is 316 g/mol. The number of aromatic nitrogens is 3. The molecule has 0 saturated carbocycles. The molecule has 0 radical (unpaired) electrons. The number of fused-ring (bicyclic) bond motifs is 1. The van der Waals surface area contributed by atoms with Gasteiger partial charge in [0.05, 0.1) is 24.0 Å². The van der Waals surface area contributed by atoms with Crippen molar-refractivity contribution in [3.8, 4) is 0 Å². The van der Waals surface area contributed by atoms with Crippen LogP contribution in [0.2, 0.25) is 5.02 Å². The minimum Gasteiger partial charge on any atom is -0.376 e. The molecular formula is C15H19ClN6O. The Labute approximate surface area is 139 Å². The molecule has 122 valence electrons. The Bertz CT molecular complexity index is 714. The number of nitrogens with zero attached hydrogens (tertiary/aromatic N) is 4. The molecule has 2 N–H and O–H groups in total. The van der Waals surface area contributed by atoms with Crippen molar-refractivity contribution in [1.82, 2.24) is 20.1 Å². The lowest BCUT2D eigenvalue weighted by Crippen LogP contribution is -2.43. The first-order valence-corrected chi connectivity index (χ1v) is 7.82. The quantitative estimate of drug-likeness (QED) is 0.901. The molecule has 1 aromatic heterocycles. The van der Waals surface area contributed by atoms with Crippen molar-refractivity contribution in [3.63, 3.8) is 0 Å². The number of hydrogen-bond acceptors (Lipinski definition) is 4. The molecule has 2 amide bonds. The lowest BCUT2D eigenvalue weighted by molar-refractivity contribution is 0.243. The second-order valence-electron chi connectivity index (χ2n) is 5.75. The molecule has 2 aromatic rings. The van der Waals surface area contributed by atoms with Gasteiger partial charge in [0.15, 0.2) is 0 Å². The largest absolute Gasteiger partial charge is 0.376 e. The molecule has 0 spiro atoms. The average molecular weight is 335 g/mol. The molecule has 0 fully saturated rings. The second kappa shape index (κ2) is 6.45. The van der Waals surface area contributed by atoms with Crippen LogP contribution in [-0.2, 0) is 13.0 Å². The van der Waals surface area contributed by atoms with E-state index in [0.717, 1.165) is 24.4 Å². The van der Waals surface area contributed by atoms with Crippen molar-refractivity contribution < 1.29 is 4.79 Å². The molecule has 1 aliphatic heterocycles. The third-order valence-corrected chi connectivity index (χ3v) is 4.06. The first kappa shape index (κ1) is 15.6. The number of amides is 2. The van der Waals surface area contributed by atoms with E-state index in [9.17, 15) is 4.79 Å². The van der Waals surface area contributed by atoms with Crippen LogP contribution in [0, 0.1) is 0 Å². The lowest BCUT2D eigenvalue weighted by Gasteiger charge is -2.24. The summed E-state index contributed by atoms with van der Waals surface area (Å²) in [5.41, 5.74) is 1.57. The van der Waals surface area contributed by atoms with E-state index in [1.54, 1.807) is 18.5 Å². The van der Waals surface area contributed by atoms with Crippen LogP contribution >= 0.6 is 11.6 Å². The lowest BCUT2D eigenvalue weighted by atomic mass is 10.1. The van der Waals surface area contributed by atoms with Crippen molar-refractivity contribution in [2.75, 3.05) is 24.3 Å². The van der Waals surface area contributed by atoms with Gasteiger partial charge in [-0.3, -0.25) is 0 Å². The minimum absolute atomic E-state index is 0.0335. The average Bonchev–Trinajstić information content (AvgIpc) is 2.94. The van der Waals surface area contributed by atoms with Gasteiger partial charge in [0.25, 0.3) is 0 Å². The summed E-state index contributed by atoms with van der Waals surface area (Å²) in [5, 5.41) is 10.6. The van der Waals surface area contributed by atoms with E-state index >= 15 is 0 Å². The maximum atomic E-state index is 12.3. The molecule has 1 unspecified atom stereocenters. The van der Waals surface area contributed by atoms with E-state index in [4.69, 9.17) is 11.6 Å².